The van der Waals surface area contributed by atoms with Crippen molar-refractivity contribution in [2.45, 2.75) is 64.7 Å². The van der Waals surface area contributed by atoms with Gasteiger partial charge in [-0.05, 0) is 70.0 Å². The van der Waals surface area contributed by atoms with Crippen molar-refractivity contribution >= 4 is 11.7 Å². The molecule has 0 aromatic heterocycles. The average molecular weight is 406 g/mol. The molecular weight excluding hydrogens is 370 g/mol. The third kappa shape index (κ3) is 3.53. The van der Waals surface area contributed by atoms with Crippen molar-refractivity contribution in [2.75, 3.05) is 25.1 Å². The Kier molecular flexibility index (Phi) is 5.20. The third-order valence-electron chi connectivity index (χ3n) is 7.40. The molecule has 0 amide bonds. The Morgan fingerprint density at radius 3 is 2.27 bits per heavy atom. The van der Waals surface area contributed by atoms with E-state index >= 15 is 0 Å². The van der Waals surface area contributed by atoms with Crippen molar-refractivity contribution in [3.05, 3.63) is 53.1 Å². The molecule has 2 aromatic carbocycles. The lowest BCUT2D eigenvalue weighted by Gasteiger charge is -2.42. The molecule has 160 valence electrons. The maximum Gasteiger partial charge on any atom is 0.312 e. The topological polar surface area (TPSA) is 29.5 Å². The molecule has 3 heteroatoms. The van der Waals surface area contributed by atoms with Gasteiger partial charge in [0.05, 0.1) is 13.0 Å². The molecule has 0 atom stereocenters. The van der Waals surface area contributed by atoms with Crippen LogP contribution in [0.1, 0.15) is 64.2 Å². The van der Waals surface area contributed by atoms with Gasteiger partial charge in [-0.15, -0.1) is 0 Å². The number of carbonyl (C=O) groups is 1. The molecule has 30 heavy (non-hydrogen) atoms. The fraction of sp³-hybridized carbons (Fsp3) is 0.519. The van der Waals surface area contributed by atoms with Gasteiger partial charge < -0.3 is 9.64 Å². The molecular formula is C27H35NO2. The monoisotopic (exact) mass is 405 g/mol. The van der Waals surface area contributed by atoms with Crippen molar-refractivity contribution in [1.29, 1.82) is 0 Å². The van der Waals surface area contributed by atoms with E-state index in [4.69, 9.17) is 4.74 Å². The molecule has 3 nitrogen and oxygen atoms in total. The highest BCUT2D eigenvalue weighted by Crippen LogP contribution is 2.48. The molecule has 1 fully saturated rings. The SMILES string of the molecule is CCc1cc2c(cc1-c1cccc(N3CC(C(=O)OC)C3)c1)C(C)(C)CCC2(C)C. The summed E-state index contributed by atoms with van der Waals surface area (Å²) >= 11 is 0. The summed E-state index contributed by atoms with van der Waals surface area (Å²) in [7, 11) is 1.47. The van der Waals surface area contributed by atoms with Crippen molar-refractivity contribution < 1.29 is 9.53 Å². The molecule has 0 spiro atoms. The second-order valence-corrected chi connectivity index (χ2v) is 10.4. The molecule has 2 aromatic rings. The summed E-state index contributed by atoms with van der Waals surface area (Å²) in [6.07, 6.45) is 3.49. The lowest BCUT2D eigenvalue weighted by atomic mass is 9.62. The fourth-order valence-electron chi connectivity index (χ4n) is 5.10. The van der Waals surface area contributed by atoms with E-state index in [1.165, 1.54) is 53.5 Å². The number of rotatable bonds is 4. The number of aryl methyl sites for hydroxylation is 1. The van der Waals surface area contributed by atoms with E-state index in [2.05, 4.69) is 75.9 Å². The van der Waals surface area contributed by atoms with Gasteiger partial charge in [-0.2, -0.15) is 0 Å². The maximum atomic E-state index is 11.7. The van der Waals surface area contributed by atoms with Gasteiger partial charge in [0.2, 0.25) is 0 Å². The molecule has 1 saturated heterocycles. The van der Waals surface area contributed by atoms with Gasteiger partial charge in [0, 0.05) is 18.8 Å². The number of hydrogen-bond acceptors (Lipinski definition) is 3. The molecule has 1 aliphatic heterocycles. The smallest absolute Gasteiger partial charge is 0.312 e. The summed E-state index contributed by atoms with van der Waals surface area (Å²) in [6, 6.07) is 13.8. The number of benzene rings is 2. The van der Waals surface area contributed by atoms with Crippen LogP contribution in [-0.4, -0.2) is 26.2 Å². The molecule has 1 heterocycles. The maximum absolute atomic E-state index is 11.7. The zero-order valence-corrected chi connectivity index (χ0v) is 19.3. The van der Waals surface area contributed by atoms with E-state index in [1.54, 1.807) is 0 Å². The van der Waals surface area contributed by atoms with Crippen molar-refractivity contribution in [3.8, 4) is 11.1 Å². The van der Waals surface area contributed by atoms with Gasteiger partial charge in [-0.3, -0.25) is 4.79 Å². The van der Waals surface area contributed by atoms with Crippen molar-refractivity contribution in [1.82, 2.24) is 0 Å². The second-order valence-electron chi connectivity index (χ2n) is 10.4. The van der Waals surface area contributed by atoms with Crippen LogP contribution in [0.25, 0.3) is 11.1 Å². The Hall–Kier alpha value is -2.29. The number of anilines is 1. The highest BCUT2D eigenvalue weighted by Gasteiger charge is 2.38. The van der Waals surface area contributed by atoms with E-state index in [0.29, 0.717) is 0 Å². The molecule has 2 aliphatic rings. The van der Waals surface area contributed by atoms with Crippen molar-refractivity contribution in [2.24, 2.45) is 5.92 Å². The molecule has 0 radical (unpaired) electrons. The second kappa shape index (κ2) is 7.44. The van der Waals surface area contributed by atoms with E-state index in [9.17, 15) is 4.79 Å². The van der Waals surface area contributed by atoms with Gasteiger partial charge in [0.1, 0.15) is 0 Å². The van der Waals surface area contributed by atoms with Crippen LogP contribution in [0.4, 0.5) is 5.69 Å². The molecule has 0 N–H and O–H groups in total. The van der Waals surface area contributed by atoms with Gasteiger partial charge >= 0.3 is 5.97 Å². The zero-order valence-electron chi connectivity index (χ0n) is 19.3. The first-order chi connectivity index (χ1) is 14.2. The summed E-state index contributed by atoms with van der Waals surface area (Å²) in [5.74, 6) is -0.105. The summed E-state index contributed by atoms with van der Waals surface area (Å²) in [4.78, 5) is 14.0. The summed E-state index contributed by atoms with van der Waals surface area (Å²) in [5.41, 5.74) is 8.71. The van der Waals surface area contributed by atoms with Gasteiger partial charge in [0.25, 0.3) is 0 Å². The number of methoxy groups -OCH3 is 1. The predicted octanol–water partition coefficient (Wildman–Crippen LogP) is 5.87. The lowest BCUT2D eigenvalue weighted by molar-refractivity contribution is -0.146. The first-order valence-electron chi connectivity index (χ1n) is 11.3. The number of hydrogen-bond donors (Lipinski definition) is 0. The summed E-state index contributed by atoms with van der Waals surface area (Å²) in [5, 5.41) is 0. The normalized spacial score (nSPS) is 19.7. The van der Waals surface area contributed by atoms with Crippen LogP contribution < -0.4 is 4.90 Å². The van der Waals surface area contributed by atoms with Gasteiger partial charge in [-0.1, -0.05) is 58.9 Å². The van der Waals surface area contributed by atoms with Crippen LogP contribution in [0.15, 0.2) is 36.4 Å². The Morgan fingerprint density at radius 1 is 1.03 bits per heavy atom. The quantitative estimate of drug-likeness (QED) is 0.596. The largest absolute Gasteiger partial charge is 0.469 e. The number of ether oxygens (including phenoxy) is 1. The fourth-order valence-corrected chi connectivity index (χ4v) is 5.10. The Labute approximate surface area is 181 Å². The van der Waals surface area contributed by atoms with Crippen molar-refractivity contribution in [3.63, 3.8) is 0 Å². The van der Waals surface area contributed by atoms with E-state index in [-0.39, 0.29) is 22.7 Å². The number of nitrogens with zero attached hydrogens (tertiary/aromatic N) is 1. The molecule has 0 saturated carbocycles. The third-order valence-corrected chi connectivity index (χ3v) is 7.40. The van der Waals surface area contributed by atoms with Gasteiger partial charge in [0.15, 0.2) is 0 Å². The minimum absolute atomic E-state index is 0.00312. The lowest BCUT2D eigenvalue weighted by Crippen LogP contribution is -2.50. The Balaban J connectivity index is 1.72. The first kappa shape index (κ1) is 21.0. The highest BCUT2D eigenvalue weighted by atomic mass is 16.5. The van der Waals surface area contributed by atoms with Crippen LogP contribution in [0.2, 0.25) is 0 Å². The van der Waals surface area contributed by atoms with Crippen LogP contribution in [0, 0.1) is 5.92 Å². The summed E-state index contributed by atoms with van der Waals surface area (Å²) < 4.78 is 4.89. The first-order valence-corrected chi connectivity index (χ1v) is 11.3. The number of esters is 1. The standard InChI is InChI=1S/C27H35NO2/c1-7-18-14-23-24(27(4,5)12-11-26(23,2)3)15-22(18)19-9-8-10-21(13-19)28-16-20(17-28)25(29)30-6/h8-10,13-15,20H,7,11-12,16-17H2,1-6H3. The molecule has 0 unspecified atom stereocenters. The van der Waals surface area contributed by atoms with Crippen LogP contribution in [0.5, 0.6) is 0 Å². The molecule has 4 rings (SSSR count). The minimum Gasteiger partial charge on any atom is -0.469 e. The summed E-state index contributed by atoms with van der Waals surface area (Å²) in [6.45, 7) is 13.3. The van der Waals surface area contributed by atoms with E-state index < -0.39 is 0 Å². The minimum atomic E-state index is -0.102. The number of carbonyl (C=O) groups excluding carboxylic acids is 1. The number of fused-ring (bicyclic) bond motifs is 1. The molecule has 0 bridgehead atoms. The molecule has 1 aliphatic carbocycles. The van der Waals surface area contributed by atoms with Crippen LogP contribution >= 0.6 is 0 Å². The Bertz CT molecular complexity index is 967. The highest BCUT2D eigenvalue weighted by molar-refractivity contribution is 5.78. The Morgan fingerprint density at radius 2 is 1.67 bits per heavy atom. The van der Waals surface area contributed by atoms with E-state index in [1.807, 2.05) is 0 Å². The van der Waals surface area contributed by atoms with Gasteiger partial charge in [-0.25, -0.2) is 0 Å². The predicted molar refractivity (Wildman–Crippen MR) is 124 cm³/mol. The zero-order chi connectivity index (χ0) is 21.7. The van der Waals surface area contributed by atoms with E-state index in [0.717, 1.165) is 19.5 Å². The van der Waals surface area contributed by atoms with Crippen LogP contribution in [-0.2, 0) is 26.8 Å². The van der Waals surface area contributed by atoms with Crippen LogP contribution in [0.3, 0.4) is 0 Å². The average Bonchev–Trinajstić information content (AvgIpc) is 2.69.